The Morgan fingerprint density at radius 3 is 2.50 bits per heavy atom. The zero-order valence-electron chi connectivity index (χ0n) is 15.5. The maximum Gasteiger partial charge on any atom is 0.335 e. The van der Waals surface area contributed by atoms with Gasteiger partial charge in [-0.25, -0.2) is 9.18 Å². The highest BCUT2D eigenvalue weighted by molar-refractivity contribution is 6.01. The molecule has 1 aliphatic heterocycles. The fourth-order valence-corrected chi connectivity index (χ4v) is 3.35. The molecule has 0 aliphatic carbocycles. The summed E-state index contributed by atoms with van der Waals surface area (Å²) in [6, 6.07) is 11.8. The van der Waals surface area contributed by atoms with Crippen molar-refractivity contribution in [3.63, 3.8) is 0 Å². The number of para-hydroxylation sites is 1. The maximum atomic E-state index is 14.0. The highest BCUT2D eigenvalue weighted by atomic mass is 19.1. The second kappa shape index (κ2) is 8.21. The number of carbonyl (C=O) groups excluding carboxylic acids is 2. The number of aromatic carboxylic acids is 1. The molecular weight excluding hydrogens is 363 g/mol. The Balaban J connectivity index is 1.60. The molecule has 1 fully saturated rings. The van der Waals surface area contributed by atoms with Gasteiger partial charge in [-0.15, -0.1) is 0 Å². The number of benzene rings is 2. The normalized spacial score (nSPS) is 16.3. The van der Waals surface area contributed by atoms with Crippen LogP contribution in [-0.2, 0) is 16.0 Å². The van der Waals surface area contributed by atoms with Crippen molar-refractivity contribution in [3.05, 3.63) is 65.5 Å². The Bertz CT molecular complexity index is 898. The van der Waals surface area contributed by atoms with Gasteiger partial charge in [0.05, 0.1) is 11.3 Å². The Morgan fingerprint density at radius 2 is 1.86 bits per heavy atom. The van der Waals surface area contributed by atoms with Crippen molar-refractivity contribution in [2.45, 2.75) is 25.3 Å². The fraction of sp³-hybridized carbons (Fsp3) is 0.286. The lowest BCUT2D eigenvalue weighted by Crippen LogP contribution is -2.43. The van der Waals surface area contributed by atoms with Crippen LogP contribution in [0.2, 0.25) is 0 Å². The molecule has 2 aromatic carbocycles. The van der Waals surface area contributed by atoms with E-state index in [2.05, 4.69) is 0 Å². The lowest BCUT2D eigenvalue weighted by atomic mass is 10.1. The van der Waals surface area contributed by atoms with Crippen LogP contribution in [0.25, 0.3) is 0 Å². The molecule has 2 amide bonds. The van der Waals surface area contributed by atoms with Gasteiger partial charge in [-0.2, -0.15) is 0 Å². The van der Waals surface area contributed by atoms with Crippen molar-refractivity contribution < 1.29 is 23.9 Å². The molecule has 0 radical (unpaired) electrons. The van der Waals surface area contributed by atoms with Crippen LogP contribution in [0.4, 0.5) is 10.1 Å². The smallest absolute Gasteiger partial charge is 0.335 e. The molecule has 1 aliphatic rings. The summed E-state index contributed by atoms with van der Waals surface area (Å²) < 4.78 is 14.0. The van der Waals surface area contributed by atoms with E-state index < -0.39 is 17.8 Å². The molecule has 1 heterocycles. The molecule has 1 saturated heterocycles. The molecule has 3 rings (SSSR count). The second-order valence-corrected chi connectivity index (χ2v) is 6.75. The van der Waals surface area contributed by atoms with E-state index in [-0.39, 0.29) is 29.5 Å². The number of carbonyl (C=O) groups is 3. The van der Waals surface area contributed by atoms with E-state index in [0.717, 1.165) is 5.56 Å². The quantitative estimate of drug-likeness (QED) is 0.831. The van der Waals surface area contributed by atoms with Crippen molar-refractivity contribution in [1.29, 1.82) is 0 Å². The topological polar surface area (TPSA) is 77.9 Å². The lowest BCUT2D eigenvalue weighted by molar-refractivity contribution is -0.136. The molecule has 1 unspecified atom stereocenters. The van der Waals surface area contributed by atoms with E-state index in [1.807, 2.05) is 0 Å². The molecular formula is C21H21FN2O4. The third-order valence-electron chi connectivity index (χ3n) is 5.01. The first-order chi connectivity index (χ1) is 13.4. The lowest BCUT2D eigenvalue weighted by Gasteiger charge is -2.24. The summed E-state index contributed by atoms with van der Waals surface area (Å²) in [5.74, 6) is -1.93. The van der Waals surface area contributed by atoms with Crippen LogP contribution in [0.5, 0.6) is 0 Å². The average molecular weight is 384 g/mol. The van der Waals surface area contributed by atoms with E-state index >= 15 is 0 Å². The molecule has 2 aromatic rings. The third kappa shape index (κ3) is 4.03. The monoisotopic (exact) mass is 384 g/mol. The third-order valence-corrected chi connectivity index (χ3v) is 5.01. The van der Waals surface area contributed by atoms with Crippen LogP contribution >= 0.6 is 0 Å². The van der Waals surface area contributed by atoms with E-state index in [4.69, 9.17) is 5.11 Å². The number of anilines is 1. The van der Waals surface area contributed by atoms with Gasteiger partial charge in [0.1, 0.15) is 11.9 Å². The predicted molar refractivity (Wildman–Crippen MR) is 102 cm³/mol. The van der Waals surface area contributed by atoms with Crippen molar-refractivity contribution >= 4 is 23.5 Å². The summed E-state index contributed by atoms with van der Waals surface area (Å²) >= 11 is 0. The van der Waals surface area contributed by atoms with Crippen molar-refractivity contribution in [3.8, 4) is 0 Å². The highest BCUT2D eigenvalue weighted by Crippen LogP contribution is 2.26. The SMILES string of the molecule is CN(C(=O)CCc1ccc(C(=O)O)cc1)C1CCN(c2ccccc2F)C1=O. The number of rotatable bonds is 6. The number of carboxylic acid groups (broad SMARTS) is 1. The first-order valence-corrected chi connectivity index (χ1v) is 9.02. The number of amides is 2. The second-order valence-electron chi connectivity index (χ2n) is 6.75. The van der Waals surface area contributed by atoms with E-state index in [1.165, 1.54) is 28.0 Å². The zero-order chi connectivity index (χ0) is 20.3. The highest BCUT2D eigenvalue weighted by Gasteiger charge is 2.37. The van der Waals surface area contributed by atoms with Gasteiger partial charge in [0.15, 0.2) is 0 Å². The van der Waals surface area contributed by atoms with Gasteiger partial charge in [-0.05, 0) is 42.7 Å². The largest absolute Gasteiger partial charge is 0.478 e. The minimum Gasteiger partial charge on any atom is -0.478 e. The number of hydrogen-bond acceptors (Lipinski definition) is 3. The number of halogens is 1. The van der Waals surface area contributed by atoms with Crippen LogP contribution < -0.4 is 4.90 Å². The summed E-state index contributed by atoms with van der Waals surface area (Å²) in [5.41, 5.74) is 1.27. The Kier molecular flexibility index (Phi) is 5.73. The summed E-state index contributed by atoms with van der Waals surface area (Å²) in [7, 11) is 1.59. The molecule has 146 valence electrons. The first-order valence-electron chi connectivity index (χ1n) is 9.02. The molecule has 6 nitrogen and oxygen atoms in total. The van der Waals surface area contributed by atoms with Crippen molar-refractivity contribution in [1.82, 2.24) is 4.90 Å². The fourth-order valence-electron chi connectivity index (χ4n) is 3.35. The number of carboxylic acids is 1. The van der Waals surface area contributed by atoms with Gasteiger partial charge in [-0.1, -0.05) is 24.3 Å². The van der Waals surface area contributed by atoms with Crippen molar-refractivity contribution in [2.75, 3.05) is 18.5 Å². The molecule has 0 bridgehead atoms. The minimum absolute atomic E-state index is 0.184. The average Bonchev–Trinajstić information content (AvgIpc) is 3.07. The molecule has 0 saturated carbocycles. The summed E-state index contributed by atoms with van der Waals surface area (Å²) in [6.45, 7) is 0.360. The van der Waals surface area contributed by atoms with Crippen LogP contribution in [-0.4, -0.2) is 47.4 Å². The summed E-state index contributed by atoms with van der Waals surface area (Å²) in [5, 5.41) is 8.91. The summed E-state index contributed by atoms with van der Waals surface area (Å²) in [6.07, 6.45) is 1.09. The Hall–Kier alpha value is -3.22. The van der Waals surface area contributed by atoms with Crippen LogP contribution in [0.1, 0.15) is 28.8 Å². The molecule has 1 N–H and O–H groups in total. The van der Waals surface area contributed by atoms with Crippen LogP contribution in [0.3, 0.4) is 0 Å². The van der Waals surface area contributed by atoms with E-state index in [1.54, 1.807) is 37.4 Å². The standard InChI is InChI=1S/C21H21FN2O4/c1-23(19(25)11-8-14-6-9-15(10-7-14)21(27)28)18-12-13-24(20(18)26)17-5-3-2-4-16(17)22/h2-7,9-10,18H,8,11-13H2,1H3,(H,27,28). The first kappa shape index (κ1) is 19.5. The van der Waals surface area contributed by atoms with Crippen LogP contribution in [0.15, 0.2) is 48.5 Å². The van der Waals surface area contributed by atoms with Crippen molar-refractivity contribution in [2.24, 2.45) is 0 Å². The summed E-state index contributed by atoms with van der Waals surface area (Å²) in [4.78, 5) is 38.9. The van der Waals surface area contributed by atoms with E-state index in [9.17, 15) is 18.8 Å². The molecule has 1 atom stereocenters. The van der Waals surface area contributed by atoms with Gasteiger partial charge in [-0.3, -0.25) is 9.59 Å². The van der Waals surface area contributed by atoms with Gasteiger partial charge in [0.25, 0.3) is 0 Å². The van der Waals surface area contributed by atoms with Gasteiger partial charge < -0.3 is 14.9 Å². The maximum absolute atomic E-state index is 14.0. The minimum atomic E-state index is -0.999. The zero-order valence-corrected chi connectivity index (χ0v) is 15.5. The molecule has 0 spiro atoms. The van der Waals surface area contributed by atoms with Gasteiger partial charge in [0, 0.05) is 20.0 Å². The van der Waals surface area contributed by atoms with E-state index in [0.29, 0.717) is 19.4 Å². The molecule has 28 heavy (non-hydrogen) atoms. The number of likely N-dealkylation sites (N-methyl/N-ethyl adjacent to an activating group) is 1. The number of hydrogen-bond donors (Lipinski definition) is 1. The molecule has 0 aromatic heterocycles. The number of aryl methyl sites for hydroxylation is 1. The van der Waals surface area contributed by atoms with Crippen LogP contribution in [0, 0.1) is 5.82 Å². The predicted octanol–water partition coefficient (Wildman–Crippen LogP) is 2.72. The Morgan fingerprint density at radius 1 is 1.18 bits per heavy atom. The number of nitrogens with zero attached hydrogens (tertiary/aromatic N) is 2. The Labute approximate surface area is 162 Å². The van der Waals surface area contributed by atoms with Gasteiger partial charge in [0.2, 0.25) is 11.8 Å². The molecule has 7 heteroatoms. The van der Waals surface area contributed by atoms with Gasteiger partial charge >= 0.3 is 5.97 Å².